The Morgan fingerprint density at radius 3 is 2.32 bits per heavy atom. The van der Waals surface area contributed by atoms with Gasteiger partial charge in [-0.05, 0) is 62.2 Å². The minimum atomic E-state index is -4.82. The van der Waals surface area contributed by atoms with Crippen molar-refractivity contribution in [2.45, 2.75) is 50.9 Å². The molecule has 38 heavy (non-hydrogen) atoms. The van der Waals surface area contributed by atoms with Gasteiger partial charge in [0.1, 0.15) is 23.4 Å². The summed E-state index contributed by atoms with van der Waals surface area (Å²) in [6.07, 6.45) is -1.48. The van der Waals surface area contributed by atoms with E-state index in [9.17, 15) is 36.2 Å². The molecule has 0 spiro atoms. The van der Waals surface area contributed by atoms with E-state index in [0.717, 1.165) is 48.8 Å². The van der Waals surface area contributed by atoms with Gasteiger partial charge in [0.25, 0.3) is 0 Å². The first-order chi connectivity index (χ1) is 17.8. The van der Waals surface area contributed by atoms with Crippen LogP contribution in [0, 0.1) is 5.82 Å². The van der Waals surface area contributed by atoms with Crippen molar-refractivity contribution in [1.82, 2.24) is 5.32 Å². The fourth-order valence-corrected chi connectivity index (χ4v) is 5.21. The zero-order valence-electron chi connectivity index (χ0n) is 20.3. The number of carbonyl (C=O) groups is 3. The minimum absolute atomic E-state index is 0.109. The Bertz CT molecular complexity index is 1200. The Hall–Kier alpha value is -2.99. The predicted molar refractivity (Wildman–Crippen MR) is 137 cm³/mol. The molecule has 1 fully saturated rings. The third kappa shape index (κ3) is 8.00. The molecule has 0 aromatic heterocycles. The summed E-state index contributed by atoms with van der Waals surface area (Å²) in [5.41, 5.74) is -1.20. The van der Waals surface area contributed by atoms with E-state index in [1.165, 1.54) is 25.1 Å². The van der Waals surface area contributed by atoms with Crippen LogP contribution < -0.4 is 15.5 Å². The lowest BCUT2D eigenvalue weighted by molar-refractivity contribution is -0.137. The van der Waals surface area contributed by atoms with Gasteiger partial charge in [-0.3, -0.25) is 23.5 Å². The van der Waals surface area contributed by atoms with E-state index in [2.05, 4.69) is 10.6 Å². The number of anilines is 2. The maximum Gasteiger partial charge on any atom is 0.417 e. The van der Waals surface area contributed by atoms with Crippen LogP contribution in [-0.4, -0.2) is 45.5 Å². The van der Waals surface area contributed by atoms with Gasteiger partial charge in [0.15, 0.2) is 0 Å². The first kappa shape index (κ1) is 29.6. The van der Waals surface area contributed by atoms with Crippen LogP contribution in [0.1, 0.15) is 38.2 Å². The van der Waals surface area contributed by atoms with E-state index >= 15 is 0 Å². The number of hydrogen-bond acceptors (Lipinski definition) is 4. The fraction of sp³-hybridized carbons (Fsp3) is 0.400. The van der Waals surface area contributed by atoms with Crippen LogP contribution in [0.2, 0.25) is 5.02 Å². The second-order valence-corrected chi connectivity index (χ2v) is 10.7. The molecule has 1 aliphatic rings. The molecule has 0 heterocycles. The van der Waals surface area contributed by atoms with Gasteiger partial charge in [-0.1, -0.05) is 24.4 Å². The molecular weight excluding hydrogens is 550 g/mol. The monoisotopic (exact) mass is 575 g/mol. The molecule has 13 heteroatoms. The summed E-state index contributed by atoms with van der Waals surface area (Å²) in [7, 11) is -2.07. The van der Waals surface area contributed by atoms with Crippen molar-refractivity contribution in [3.05, 3.63) is 58.9 Å². The van der Waals surface area contributed by atoms with Gasteiger partial charge in [0.05, 0.1) is 10.6 Å². The quantitative estimate of drug-likeness (QED) is 0.425. The lowest BCUT2D eigenvalue weighted by Crippen LogP contribution is -2.51. The average molecular weight is 576 g/mol. The molecule has 3 rings (SSSR count). The summed E-state index contributed by atoms with van der Waals surface area (Å²) >= 11 is 5.72. The number of rotatable bonds is 9. The second kappa shape index (κ2) is 12.7. The summed E-state index contributed by atoms with van der Waals surface area (Å²) in [5.74, 6) is -4.06. The molecule has 2 aromatic rings. The molecule has 206 valence electrons. The Morgan fingerprint density at radius 1 is 1.08 bits per heavy atom. The van der Waals surface area contributed by atoms with Crippen molar-refractivity contribution in [2.75, 3.05) is 21.7 Å². The van der Waals surface area contributed by atoms with E-state index in [4.69, 9.17) is 11.6 Å². The van der Waals surface area contributed by atoms with E-state index in [-0.39, 0.29) is 17.4 Å². The highest BCUT2D eigenvalue weighted by Crippen LogP contribution is 2.37. The van der Waals surface area contributed by atoms with Crippen molar-refractivity contribution in [3.8, 4) is 0 Å². The first-order valence-electron chi connectivity index (χ1n) is 11.7. The summed E-state index contributed by atoms with van der Waals surface area (Å²) < 4.78 is 66.2. The smallest absolute Gasteiger partial charge is 0.352 e. The molecule has 0 radical (unpaired) electrons. The first-order valence-corrected chi connectivity index (χ1v) is 13.6. The van der Waals surface area contributed by atoms with Gasteiger partial charge in [-0.2, -0.15) is 13.2 Å². The molecule has 1 aliphatic carbocycles. The van der Waals surface area contributed by atoms with Crippen LogP contribution in [0.15, 0.2) is 42.5 Å². The minimum Gasteiger partial charge on any atom is -0.352 e. The van der Waals surface area contributed by atoms with E-state index in [1.807, 2.05) is 0 Å². The molecule has 3 amide bonds. The van der Waals surface area contributed by atoms with Gasteiger partial charge in [0, 0.05) is 28.2 Å². The molecule has 1 saturated carbocycles. The number of amides is 3. The Morgan fingerprint density at radius 2 is 1.71 bits per heavy atom. The van der Waals surface area contributed by atoms with Crippen molar-refractivity contribution < 1.29 is 36.2 Å². The van der Waals surface area contributed by atoms with Crippen LogP contribution >= 0.6 is 11.6 Å². The Balaban J connectivity index is 1.79. The molecule has 2 N–H and O–H groups in total. The predicted octanol–water partition coefficient (Wildman–Crippen LogP) is 4.67. The van der Waals surface area contributed by atoms with Crippen molar-refractivity contribution >= 4 is 51.5 Å². The second-order valence-electron chi connectivity index (χ2n) is 8.88. The number of alkyl halides is 3. The Kier molecular flexibility index (Phi) is 9.88. The molecule has 0 saturated heterocycles. The number of carbonyl (C=O) groups excluding carboxylic acids is 3. The maximum absolute atomic E-state index is 13.5. The zero-order chi connectivity index (χ0) is 28.0. The fourth-order valence-electron chi connectivity index (χ4n) is 4.11. The zero-order valence-corrected chi connectivity index (χ0v) is 21.9. The summed E-state index contributed by atoms with van der Waals surface area (Å²) in [5, 5.41) is 4.64. The third-order valence-corrected chi connectivity index (χ3v) is 7.46. The van der Waals surface area contributed by atoms with E-state index in [0.29, 0.717) is 6.07 Å². The highest BCUT2D eigenvalue weighted by atomic mass is 35.5. The summed E-state index contributed by atoms with van der Waals surface area (Å²) in [6, 6.07) is 6.27. The Labute approximate surface area is 224 Å². The van der Waals surface area contributed by atoms with Crippen molar-refractivity contribution in [3.63, 3.8) is 0 Å². The normalized spacial score (nSPS) is 15.5. The van der Waals surface area contributed by atoms with Crippen LogP contribution in [0.4, 0.5) is 28.9 Å². The van der Waals surface area contributed by atoms with Crippen LogP contribution in [0.25, 0.3) is 0 Å². The molecule has 7 nitrogen and oxygen atoms in total. The highest BCUT2D eigenvalue weighted by Gasteiger charge is 2.36. The van der Waals surface area contributed by atoms with Crippen LogP contribution in [0.5, 0.6) is 0 Å². The lowest BCUT2D eigenvalue weighted by atomic mass is 10.1. The maximum atomic E-state index is 13.5. The van der Waals surface area contributed by atoms with Gasteiger partial charge in [-0.15, -0.1) is 0 Å². The van der Waals surface area contributed by atoms with Crippen molar-refractivity contribution in [2.24, 2.45) is 0 Å². The van der Waals surface area contributed by atoms with Gasteiger partial charge >= 0.3 is 6.18 Å². The number of hydrogen-bond donors (Lipinski definition) is 2. The third-order valence-electron chi connectivity index (χ3n) is 5.98. The number of nitrogens with zero attached hydrogens (tertiary/aromatic N) is 1. The molecule has 0 bridgehead atoms. The average Bonchev–Trinajstić information content (AvgIpc) is 3.33. The lowest BCUT2D eigenvalue weighted by Gasteiger charge is -2.30. The number of nitrogens with one attached hydrogen (secondary N) is 2. The number of benzene rings is 2. The van der Waals surface area contributed by atoms with Crippen LogP contribution in [-0.2, 0) is 31.4 Å². The largest absolute Gasteiger partial charge is 0.417 e. The molecular formula is C25H26ClF4N3O4S. The standard InChI is InChI=1S/C25H26ClF4N3O4S/c1-15(24(36)32-17-4-2-3-5-17)33(19-10-11-21(26)20(12-19)25(28,29)30)23(35)14-38(37)13-22(34)31-18-8-6-16(27)7-9-18/h6-12,15,17H,2-5,13-14H2,1H3,(H,31,34)(H,32,36). The summed E-state index contributed by atoms with van der Waals surface area (Å²) in [4.78, 5) is 39.2. The molecule has 2 atom stereocenters. The topological polar surface area (TPSA) is 95.6 Å². The van der Waals surface area contributed by atoms with Crippen LogP contribution in [0.3, 0.4) is 0 Å². The molecule has 0 aliphatic heterocycles. The van der Waals surface area contributed by atoms with Gasteiger partial charge in [-0.25, -0.2) is 4.39 Å². The summed E-state index contributed by atoms with van der Waals surface area (Å²) in [6.45, 7) is 1.36. The highest BCUT2D eigenvalue weighted by molar-refractivity contribution is 7.86. The molecule has 2 unspecified atom stereocenters. The van der Waals surface area contributed by atoms with E-state index < -0.39 is 68.6 Å². The van der Waals surface area contributed by atoms with Crippen molar-refractivity contribution in [1.29, 1.82) is 0 Å². The van der Waals surface area contributed by atoms with E-state index in [1.54, 1.807) is 0 Å². The number of halogens is 5. The SMILES string of the molecule is CC(C(=O)NC1CCCC1)N(C(=O)CS(=O)CC(=O)Nc1ccc(F)cc1)c1ccc(Cl)c(C(F)(F)F)c1. The van der Waals surface area contributed by atoms with Gasteiger partial charge in [0.2, 0.25) is 17.7 Å². The van der Waals surface area contributed by atoms with Gasteiger partial charge < -0.3 is 10.6 Å². The molecule has 2 aromatic carbocycles.